The van der Waals surface area contributed by atoms with Crippen LogP contribution in [0.5, 0.6) is 0 Å². The summed E-state index contributed by atoms with van der Waals surface area (Å²) in [7, 11) is -4.75. The van der Waals surface area contributed by atoms with Gasteiger partial charge in [-0.2, -0.15) is 5.11 Å². The van der Waals surface area contributed by atoms with Crippen LogP contribution in [-0.2, 0) is 10.1 Å². The Morgan fingerprint density at radius 3 is 2.09 bits per heavy atom. The van der Waals surface area contributed by atoms with Gasteiger partial charge in [-0.05, 0) is 18.2 Å². The predicted molar refractivity (Wildman–Crippen MR) is 117 cm³/mol. The van der Waals surface area contributed by atoms with Crippen LogP contribution in [0.1, 0.15) is 15.9 Å². The van der Waals surface area contributed by atoms with E-state index in [1.54, 1.807) is 66.7 Å². The summed E-state index contributed by atoms with van der Waals surface area (Å²) in [6, 6.07) is 22.9. The summed E-state index contributed by atoms with van der Waals surface area (Å²) in [5.74, 6) is -0.164. The number of carbonyl (C=O) groups excluding carboxylic acids is 1. The van der Waals surface area contributed by atoms with Gasteiger partial charge in [0.25, 0.3) is 0 Å². The van der Waals surface area contributed by atoms with E-state index >= 15 is 0 Å². The molecule has 32 heavy (non-hydrogen) atoms. The first kappa shape index (κ1) is 23.8. The maximum Gasteiger partial charge on any atom is 1.00 e. The maximum atomic E-state index is 12.6. The van der Waals surface area contributed by atoms with Gasteiger partial charge >= 0.3 is 29.6 Å². The fraction of sp³-hybridized carbons (Fsp3) is 0. The van der Waals surface area contributed by atoms with Crippen molar-refractivity contribution in [2.24, 2.45) is 10.2 Å². The third kappa shape index (κ3) is 4.95. The minimum Gasteiger partial charge on any atom is -0.744 e. The van der Waals surface area contributed by atoms with Crippen LogP contribution in [0.15, 0.2) is 100 Å². The zero-order valence-corrected chi connectivity index (χ0v) is 19.9. The molecule has 0 saturated heterocycles. The number of azo groups is 1. The molecule has 0 aromatic heterocycles. The van der Waals surface area contributed by atoms with Crippen LogP contribution in [0, 0.1) is 0 Å². The van der Waals surface area contributed by atoms with E-state index in [0.717, 1.165) is 6.07 Å². The number of hydrogen-bond acceptors (Lipinski definition) is 7. The van der Waals surface area contributed by atoms with Gasteiger partial charge in [0.15, 0.2) is 5.78 Å². The third-order valence-electron chi connectivity index (χ3n) is 4.71. The second-order valence-electron chi connectivity index (χ2n) is 6.75. The van der Waals surface area contributed by atoms with Crippen molar-refractivity contribution in [3.8, 4) is 0 Å². The summed E-state index contributed by atoms with van der Waals surface area (Å²) in [6.45, 7) is 0. The average Bonchev–Trinajstić information content (AvgIpc) is 2.78. The van der Waals surface area contributed by atoms with Crippen molar-refractivity contribution in [3.05, 3.63) is 96.1 Å². The van der Waals surface area contributed by atoms with Crippen molar-refractivity contribution in [1.29, 1.82) is 0 Å². The van der Waals surface area contributed by atoms with Gasteiger partial charge in [0.1, 0.15) is 15.8 Å². The number of nitrogens with two attached hydrogens (primary N) is 1. The van der Waals surface area contributed by atoms with Crippen LogP contribution in [-0.4, -0.2) is 18.8 Å². The quantitative estimate of drug-likeness (QED) is 0.163. The first-order valence-corrected chi connectivity index (χ1v) is 10.6. The van der Waals surface area contributed by atoms with Crippen LogP contribution < -0.4 is 35.3 Å². The summed E-state index contributed by atoms with van der Waals surface area (Å²) < 4.78 is 35.2. The van der Waals surface area contributed by atoms with E-state index in [-0.39, 0.29) is 52.1 Å². The predicted octanol–water partition coefficient (Wildman–Crippen LogP) is 1.98. The van der Waals surface area contributed by atoms with Crippen LogP contribution in [0.2, 0.25) is 0 Å². The number of hydrogen-bond donors (Lipinski definition) is 1. The molecular weight excluding hydrogens is 437 g/mol. The standard InChI is InChI=1S/C23H17N3O4S.Na/c24-22-19-12-5-4-11-18(19)21(31(28,29)30)14-20(22)26-25-17-10-6-9-16(13-17)23(27)15-7-2-1-3-8-15;/h1-14H,24H2,(H,28,29,30);/q;+1/p-1. The van der Waals surface area contributed by atoms with E-state index in [0.29, 0.717) is 22.2 Å². The molecule has 7 nitrogen and oxygen atoms in total. The number of benzene rings is 4. The largest absolute Gasteiger partial charge is 1.00 e. The molecule has 0 heterocycles. The Morgan fingerprint density at radius 1 is 0.781 bits per heavy atom. The molecule has 0 saturated carbocycles. The van der Waals surface area contributed by atoms with E-state index in [9.17, 15) is 17.8 Å². The van der Waals surface area contributed by atoms with Gasteiger partial charge in [-0.1, -0.05) is 66.7 Å². The van der Waals surface area contributed by atoms with E-state index in [4.69, 9.17) is 5.73 Å². The number of nitrogens with zero attached hydrogens (tertiary/aromatic N) is 2. The average molecular weight is 453 g/mol. The molecule has 0 aliphatic rings. The zero-order chi connectivity index (χ0) is 22.0. The number of anilines is 1. The molecule has 4 aromatic rings. The number of ketones is 1. The number of fused-ring (bicyclic) bond motifs is 1. The summed E-state index contributed by atoms with van der Waals surface area (Å²) in [5.41, 5.74) is 7.74. The van der Waals surface area contributed by atoms with Crippen LogP contribution >= 0.6 is 0 Å². The van der Waals surface area contributed by atoms with E-state index in [1.807, 2.05) is 6.07 Å². The Morgan fingerprint density at radius 2 is 1.41 bits per heavy atom. The van der Waals surface area contributed by atoms with Crippen molar-refractivity contribution in [2.45, 2.75) is 4.90 Å². The molecular formula is C23H16N3NaO4S. The maximum absolute atomic E-state index is 12.6. The number of nitrogen functional groups attached to an aromatic ring is 1. The molecule has 0 atom stereocenters. The minimum atomic E-state index is -4.75. The molecule has 2 N–H and O–H groups in total. The summed E-state index contributed by atoms with van der Waals surface area (Å²) in [4.78, 5) is 12.2. The summed E-state index contributed by atoms with van der Waals surface area (Å²) in [6.07, 6.45) is 0. The number of carbonyl (C=O) groups is 1. The van der Waals surface area contributed by atoms with Gasteiger partial charge in [-0.25, -0.2) is 8.42 Å². The van der Waals surface area contributed by atoms with Crippen LogP contribution in [0.3, 0.4) is 0 Å². The summed E-state index contributed by atoms with van der Waals surface area (Å²) in [5, 5.41) is 8.78. The van der Waals surface area contributed by atoms with E-state index in [1.165, 1.54) is 6.07 Å². The molecule has 0 fully saturated rings. The fourth-order valence-electron chi connectivity index (χ4n) is 3.22. The zero-order valence-electron chi connectivity index (χ0n) is 17.1. The Kier molecular flexibility index (Phi) is 7.22. The smallest absolute Gasteiger partial charge is 0.744 e. The normalized spacial score (nSPS) is 11.4. The first-order valence-electron chi connectivity index (χ1n) is 9.23. The van der Waals surface area contributed by atoms with Crippen LogP contribution in [0.4, 0.5) is 17.1 Å². The van der Waals surface area contributed by atoms with Gasteiger partial charge in [0.05, 0.1) is 16.3 Å². The molecule has 0 amide bonds. The first-order chi connectivity index (χ1) is 14.8. The van der Waals surface area contributed by atoms with Gasteiger partial charge in [0, 0.05) is 21.9 Å². The van der Waals surface area contributed by atoms with Gasteiger partial charge in [-0.15, -0.1) is 5.11 Å². The Labute approximate surface area is 207 Å². The van der Waals surface area contributed by atoms with Crippen molar-refractivity contribution < 1.29 is 47.3 Å². The molecule has 0 bridgehead atoms. The van der Waals surface area contributed by atoms with Gasteiger partial charge < -0.3 is 10.3 Å². The summed E-state index contributed by atoms with van der Waals surface area (Å²) >= 11 is 0. The molecule has 0 aliphatic carbocycles. The molecule has 4 rings (SSSR count). The van der Waals surface area contributed by atoms with Crippen molar-refractivity contribution in [1.82, 2.24) is 0 Å². The fourth-order valence-corrected chi connectivity index (χ4v) is 3.92. The molecule has 0 unspecified atom stereocenters. The topological polar surface area (TPSA) is 125 Å². The van der Waals surface area contributed by atoms with Crippen molar-refractivity contribution in [2.75, 3.05) is 5.73 Å². The van der Waals surface area contributed by atoms with E-state index < -0.39 is 15.0 Å². The second-order valence-corrected chi connectivity index (χ2v) is 8.10. The van der Waals surface area contributed by atoms with Crippen LogP contribution in [0.25, 0.3) is 10.8 Å². The molecule has 4 aromatic carbocycles. The van der Waals surface area contributed by atoms with E-state index in [2.05, 4.69) is 10.2 Å². The molecule has 154 valence electrons. The second kappa shape index (κ2) is 9.72. The Hall–Kier alpha value is -2.88. The van der Waals surface area contributed by atoms with Gasteiger partial charge in [-0.3, -0.25) is 4.79 Å². The minimum absolute atomic E-state index is 0. The molecule has 0 aliphatic heterocycles. The Balaban J connectivity index is 0.00000289. The van der Waals surface area contributed by atoms with Crippen molar-refractivity contribution in [3.63, 3.8) is 0 Å². The van der Waals surface area contributed by atoms with Crippen molar-refractivity contribution >= 4 is 43.7 Å². The molecule has 9 heteroatoms. The number of rotatable bonds is 5. The third-order valence-corrected chi connectivity index (χ3v) is 5.59. The van der Waals surface area contributed by atoms with Gasteiger partial charge in [0.2, 0.25) is 0 Å². The monoisotopic (exact) mass is 453 g/mol. The SMILES string of the molecule is Nc1c(N=Nc2cccc(C(=O)c3ccccc3)c2)cc(S(=O)(=O)[O-])c2ccccc12.[Na+]. The Bertz CT molecular complexity index is 1440. The molecule has 0 spiro atoms. The molecule has 0 radical (unpaired) electrons.